The molecule has 0 saturated carbocycles. The fraction of sp³-hybridized carbons (Fsp3) is 0.529. The van der Waals surface area contributed by atoms with E-state index >= 15 is 0 Å². The molecule has 0 radical (unpaired) electrons. The van der Waals surface area contributed by atoms with Crippen LogP contribution in [0.2, 0.25) is 0 Å². The van der Waals surface area contributed by atoms with E-state index in [-0.39, 0.29) is 0 Å². The maximum atomic E-state index is 10.8. The van der Waals surface area contributed by atoms with Crippen molar-refractivity contribution in [1.29, 1.82) is 0 Å². The number of hydrogen-bond acceptors (Lipinski definition) is 6. The normalized spacial score (nSPS) is 12.2. The molecule has 6 nitrogen and oxygen atoms in total. The molecule has 0 spiro atoms. The second-order valence-corrected chi connectivity index (χ2v) is 4.15. The first-order valence-corrected chi connectivity index (χ1v) is 7.65. The molecule has 1 aromatic carbocycles. The molecule has 0 unspecified atom stereocenters. The molecule has 23 heavy (non-hydrogen) atoms. The summed E-state index contributed by atoms with van der Waals surface area (Å²) in [7, 11) is 2.81. The van der Waals surface area contributed by atoms with Gasteiger partial charge in [0.2, 0.25) is 0 Å². The molecule has 0 aliphatic carbocycles. The number of aryl methyl sites for hydroxylation is 1. The Morgan fingerprint density at radius 1 is 1.13 bits per heavy atom. The van der Waals surface area contributed by atoms with Gasteiger partial charge in [-0.3, -0.25) is 9.59 Å². The molecular weight excluding hydrogens is 296 g/mol. The average molecular weight is 326 g/mol. The molecular formula is C17H30N2O4. The molecule has 1 aliphatic heterocycles. The molecule has 132 valence electrons. The lowest BCUT2D eigenvalue weighted by atomic mass is 10.1. The summed E-state index contributed by atoms with van der Waals surface area (Å²) in [6.07, 6.45) is 0.900. The molecule has 1 saturated heterocycles. The van der Waals surface area contributed by atoms with Crippen LogP contribution in [0, 0.1) is 6.92 Å². The van der Waals surface area contributed by atoms with Crippen molar-refractivity contribution in [3.63, 3.8) is 0 Å². The molecule has 6 heteroatoms. The van der Waals surface area contributed by atoms with Gasteiger partial charge in [-0.1, -0.05) is 13.8 Å². The maximum absolute atomic E-state index is 10.8. The summed E-state index contributed by atoms with van der Waals surface area (Å²) in [6.45, 7) is 9.73. The highest BCUT2D eigenvalue weighted by Crippen LogP contribution is 2.19. The third-order valence-electron chi connectivity index (χ3n) is 2.69. The van der Waals surface area contributed by atoms with Crippen molar-refractivity contribution >= 4 is 18.4 Å². The number of ether oxygens (including phenoxy) is 2. The Morgan fingerprint density at radius 3 is 2.09 bits per heavy atom. The Kier molecular flexibility index (Phi) is 16.7. The van der Waals surface area contributed by atoms with E-state index in [2.05, 4.69) is 21.4 Å². The minimum atomic E-state index is 0.375. The van der Waals surface area contributed by atoms with Crippen LogP contribution in [0.5, 0.6) is 0 Å². The number of carbonyl (C=O) groups excluding carboxylic acids is 2. The van der Waals surface area contributed by atoms with Gasteiger partial charge in [-0.2, -0.15) is 0 Å². The monoisotopic (exact) mass is 326 g/mol. The third-order valence-corrected chi connectivity index (χ3v) is 2.69. The lowest BCUT2D eigenvalue weighted by Crippen LogP contribution is -2.36. The van der Waals surface area contributed by atoms with E-state index in [9.17, 15) is 4.79 Å². The summed E-state index contributed by atoms with van der Waals surface area (Å²) in [5.41, 5.74) is 7.50. The highest BCUT2D eigenvalue weighted by atomic mass is 16.5. The van der Waals surface area contributed by atoms with E-state index in [0.717, 1.165) is 49.4 Å². The molecule has 0 atom stereocenters. The number of benzene rings is 1. The second kappa shape index (κ2) is 16.5. The number of rotatable bonds is 3. The third kappa shape index (κ3) is 10.4. The van der Waals surface area contributed by atoms with Gasteiger partial charge in [0.1, 0.15) is 6.29 Å². The summed E-state index contributed by atoms with van der Waals surface area (Å²) < 4.78 is 9.16. The predicted octanol–water partition coefficient (Wildman–Crippen LogP) is 2.03. The van der Waals surface area contributed by atoms with Crippen molar-refractivity contribution in [3.05, 3.63) is 29.3 Å². The summed E-state index contributed by atoms with van der Waals surface area (Å²) in [5, 5.41) is 0. The van der Waals surface area contributed by atoms with Crippen LogP contribution in [0.4, 0.5) is 5.69 Å². The van der Waals surface area contributed by atoms with Crippen molar-refractivity contribution in [1.82, 2.24) is 0 Å². The Balaban J connectivity index is 0. The van der Waals surface area contributed by atoms with Gasteiger partial charge in [0, 0.05) is 24.3 Å². The Morgan fingerprint density at radius 2 is 1.65 bits per heavy atom. The standard InChI is InChI=1S/C12H15NO2.C2H4O2.C2H6.CH5N/c1-10-6-11(9-14)8-12(7-10)13-2-4-15-5-3-13;1-4-2-3;2*1-2/h6-9H,2-5H2,1H3;2H,1H3;1-2H3;2H2,1H3. The lowest BCUT2D eigenvalue weighted by Gasteiger charge is -2.29. The van der Waals surface area contributed by atoms with Gasteiger partial charge in [-0.15, -0.1) is 0 Å². The van der Waals surface area contributed by atoms with E-state index in [1.165, 1.54) is 14.2 Å². The fourth-order valence-corrected chi connectivity index (χ4v) is 1.86. The molecule has 1 aromatic rings. The predicted molar refractivity (Wildman–Crippen MR) is 94.1 cm³/mol. The smallest absolute Gasteiger partial charge is 0.292 e. The first-order chi connectivity index (χ1) is 11.2. The molecule has 0 amide bonds. The van der Waals surface area contributed by atoms with Crippen LogP contribution in [0.1, 0.15) is 29.8 Å². The number of nitrogens with zero attached hydrogens (tertiary/aromatic N) is 1. The Labute approximate surface area is 139 Å². The van der Waals surface area contributed by atoms with Crippen molar-refractivity contribution < 1.29 is 19.1 Å². The van der Waals surface area contributed by atoms with Gasteiger partial charge in [0.25, 0.3) is 6.47 Å². The highest BCUT2D eigenvalue weighted by Gasteiger charge is 2.11. The zero-order valence-corrected chi connectivity index (χ0v) is 14.9. The van der Waals surface area contributed by atoms with Crippen LogP contribution in [0.15, 0.2) is 18.2 Å². The molecule has 2 N–H and O–H groups in total. The quantitative estimate of drug-likeness (QED) is 0.856. The molecule has 0 bridgehead atoms. The van der Waals surface area contributed by atoms with Gasteiger partial charge in [0.05, 0.1) is 20.3 Å². The van der Waals surface area contributed by atoms with E-state index in [4.69, 9.17) is 9.53 Å². The van der Waals surface area contributed by atoms with Gasteiger partial charge >= 0.3 is 0 Å². The average Bonchev–Trinajstić information content (AvgIpc) is 2.65. The molecule has 1 heterocycles. The van der Waals surface area contributed by atoms with E-state index in [0.29, 0.717) is 6.47 Å². The number of aldehydes is 1. The first-order valence-electron chi connectivity index (χ1n) is 7.65. The van der Waals surface area contributed by atoms with E-state index in [1.807, 2.05) is 32.9 Å². The van der Waals surface area contributed by atoms with Crippen molar-refractivity contribution in [2.24, 2.45) is 5.73 Å². The van der Waals surface area contributed by atoms with Crippen LogP contribution in [0.3, 0.4) is 0 Å². The number of nitrogens with two attached hydrogens (primary N) is 1. The number of morpholine rings is 1. The number of carbonyl (C=O) groups is 2. The van der Waals surface area contributed by atoms with Crippen LogP contribution >= 0.6 is 0 Å². The van der Waals surface area contributed by atoms with Crippen LogP contribution in [-0.4, -0.2) is 53.2 Å². The maximum Gasteiger partial charge on any atom is 0.292 e. The summed E-state index contributed by atoms with van der Waals surface area (Å²) in [4.78, 5) is 22.0. The van der Waals surface area contributed by atoms with Crippen LogP contribution < -0.4 is 10.6 Å². The SMILES string of the molecule is CC.CN.COC=O.Cc1cc(C=O)cc(N2CCOCC2)c1. The summed E-state index contributed by atoms with van der Waals surface area (Å²) in [6, 6.07) is 5.95. The fourth-order valence-electron chi connectivity index (χ4n) is 1.86. The van der Waals surface area contributed by atoms with Crippen molar-refractivity contribution in [2.45, 2.75) is 20.8 Å². The van der Waals surface area contributed by atoms with Crippen LogP contribution in [0.25, 0.3) is 0 Å². The lowest BCUT2D eigenvalue weighted by molar-refractivity contribution is -0.126. The zero-order valence-electron chi connectivity index (χ0n) is 14.9. The minimum absolute atomic E-state index is 0.375. The summed E-state index contributed by atoms with van der Waals surface area (Å²) >= 11 is 0. The van der Waals surface area contributed by atoms with Crippen molar-refractivity contribution in [2.75, 3.05) is 45.4 Å². The molecule has 0 aromatic heterocycles. The van der Waals surface area contributed by atoms with Crippen LogP contribution in [-0.2, 0) is 14.3 Å². The first kappa shape index (κ1) is 23.3. The van der Waals surface area contributed by atoms with Gasteiger partial charge in [0.15, 0.2) is 0 Å². The Bertz CT molecular complexity index is 419. The minimum Gasteiger partial charge on any atom is -0.471 e. The van der Waals surface area contributed by atoms with Gasteiger partial charge in [-0.25, -0.2) is 0 Å². The van der Waals surface area contributed by atoms with Gasteiger partial charge < -0.3 is 20.1 Å². The van der Waals surface area contributed by atoms with Gasteiger partial charge in [-0.05, 0) is 37.7 Å². The molecule has 1 aliphatic rings. The number of anilines is 1. The summed E-state index contributed by atoms with van der Waals surface area (Å²) in [5.74, 6) is 0. The van der Waals surface area contributed by atoms with Crippen molar-refractivity contribution in [3.8, 4) is 0 Å². The van der Waals surface area contributed by atoms with E-state index in [1.54, 1.807) is 0 Å². The molecule has 2 rings (SSSR count). The second-order valence-electron chi connectivity index (χ2n) is 4.15. The Hall–Kier alpha value is -1.92. The largest absolute Gasteiger partial charge is 0.471 e. The molecule has 1 fully saturated rings. The highest BCUT2D eigenvalue weighted by molar-refractivity contribution is 5.77. The zero-order chi connectivity index (χ0) is 18.1. The number of methoxy groups -OCH3 is 1. The topological polar surface area (TPSA) is 81.9 Å². The van der Waals surface area contributed by atoms with E-state index < -0.39 is 0 Å². The number of hydrogen-bond donors (Lipinski definition) is 1.